The molecule has 8 N–H and O–H groups in total. The van der Waals surface area contributed by atoms with E-state index in [1.165, 1.54) is 0 Å². The Balaban J connectivity index is 4.52. The highest BCUT2D eigenvalue weighted by atomic mass is 32.3. The zero-order chi connectivity index (χ0) is 45.7. The third kappa shape index (κ3) is 23.8. The van der Waals surface area contributed by atoms with E-state index < -0.39 is 169 Å². The smallest absolute Gasteiger partial charge is 0.397 e. The van der Waals surface area contributed by atoms with Gasteiger partial charge in [-0.2, -0.15) is 67.3 Å². The maximum atomic E-state index is 11.9. The van der Waals surface area contributed by atoms with Gasteiger partial charge in [0.2, 0.25) is 0 Å². The monoisotopic (exact) mass is 1050 g/mol. The van der Waals surface area contributed by atoms with Crippen LogP contribution in [0.4, 0.5) is 0 Å². The van der Waals surface area contributed by atoms with Gasteiger partial charge in [-0.1, -0.05) is 0 Å². The molecule has 0 radical (unpaired) electrons. The fraction of sp³-hybridized carbons (Fsp3) is 1.00. The second kappa shape index (κ2) is 20.4. The average molecular weight is 1050 g/mol. The molecule has 0 bridgehead atoms. The summed E-state index contributed by atoms with van der Waals surface area (Å²) in [6.07, 6.45) is -31.0. The minimum Gasteiger partial charge on any atom is -0.750 e. The first-order valence-corrected chi connectivity index (χ1v) is 24.7. The summed E-state index contributed by atoms with van der Waals surface area (Å²) in [6, 6.07) is 0. The van der Waals surface area contributed by atoms with Crippen molar-refractivity contribution in [3.8, 4) is 0 Å². The van der Waals surface area contributed by atoms with Crippen LogP contribution in [0, 0.1) is 0 Å². The van der Waals surface area contributed by atoms with Crippen molar-refractivity contribution in [2.24, 2.45) is 0 Å². The standard InChI is InChI=1S/C12H24O37S9/c13-50(14)44-8-4(1-39-51(15,16)17)42-12(11(49-58(36,37)38)10(8)48-57(33,34)35)43-7(5(45-54(24,25)26)2-40-52(18,19)20)9(47-56(30,31)32)6(46-55(27,28)29)3-41-53(21,22)23/h4-12H,1-3H2,(H,13,14)(H,15,16,17)(H,18,19,20)(H,21,22,23)(H,24,25,26)(H,27,28,29)(H,30,31,32)(H,33,34,35)(H,36,37,38)/p-1/t4-,5-,6+,7-,8-,9-,10+,11-,12+/m1/s1. The number of ether oxygens (including phenoxy) is 2. The summed E-state index contributed by atoms with van der Waals surface area (Å²) >= 11 is -4.06. The van der Waals surface area contributed by atoms with Crippen LogP contribution in [0.15, 0.2) is 0 Å². The van der Waals surface area contributed by atoms with Crippen LogP contribution in [-0.4, -0.2) is 187 Å². The summed E-state index contributed by atoms with van der Waals surface area (Å²) in [5.41, 5.74) is 0. The number of rotatable bonds is 26. The fourth-order valence-corrected chi connectivity index (χ4v) is 7.73. The van der Waals surface area contributed by atoms with Gasteiger partial charge in [0, 0.05) is 0 Å². The molecule has 58 heavy (non-hydrogen) atoms. The van der Waals surface area contributed by atoms with Gasteiger partial charge in [0.05, 0.1) is 31.2 Å². The molecule has 1 fully saturated rings. The van der Waals surface area contributed by atoms with E-state index in [0.717, 1.165) is 0 Å². The molecule has 0 spiro atoms. The third-order valence-corrected chi connectivity index (χ3v) is 9.52. The minimum atomic E-state index is -6.45. The van der Waals surface area contributed by atoms with Crippen molar-refractivity contribution in [3.05, 3.63) is 0 Å². The van der Waals surface area contributed by atoms with Gasteiger partial charge in [0.1, 0.15) is 42.7 Å². The Bertz CT molecular complexity index is 2330. The second-order valence-electron chi connectivity index (χ2n) is 9.64. The molecule has 0 aliphatic carbocycles. The van der Waals surface area contributed by atoms with Crippen LogP contribution >= 0.6 is 0 Å². The van der Waals surface area contributed by atoms with E-state index in [1.54, 1.807) is 0 Å². The zero-order valence-corrected chi connectivity index (χ0v) is 33.8. The lowest BCUT2D eigenvalue weighted by atomic mass is 9.98. The van der Waals surface area contributed by atoms with E-state index in [1.807, 2.05) is 0 Å². The lowest BCUT2D eigenvalue weighted by Crippen LogP contribution is -2.65. The average Bonchev–Trinajstić information content (AvgIpc) is 2.92. The first kappa shape index (κ1) is 55.0. The Morgan fingerprint density at radius 2 is 0.879 bits per heavy atom. The van der Waals surface area contributed by atoms with Crippen LogP contribution in [0.3, 0.4) is 0 Å². The predicted octanol–water partition coefficient (Wildman–Crippen LogP) is -7.33. The van der Waals surface area contributed by atoms with E-state index in [-0.39, 0.29) is 0 Å². The Labute approximate surface area is 327 Å². The molecule has 0 saturated carbocycles. The molecule has 46 heteroatoms. The van der Waals surface area contributed by atoms with Crippen molar-refractivity contribution in [2.45, 2.75) is 55.1 Å². The first-order valence-electron chi connectivity index (χ1n) is 12.7. The SMILES string of the molecule is O=S([O-])O[C@H]1[C@H](OS(=O)(=O)O)[C@@H](OS(=O)(=O)O)[C@H](O[C@@H]([C@H](OS(=O)(=O)O)[C@H](COS(=O)(=O)O)OS(=O)(=O)O)[C@@H](COS(=O)(=O)O)OS(=O)(=O)O)O[C@@H]1COS(=O)(=O)O. The molecular weight excluding hydrogens is 1020 g/mol. The maximum absolute atomic E-state index is 11.9. The molecule has 1 rings (SSSR count). The Kier molecular flexibility index (Phi) is 19.4. The molecular formula is C12H23O37S9-. The summed E-state index contributed by atoms with van der Waals surface area (Å²) in [5.74, 6) is 0. The lowest BCUT2D eigenvalue weighted by molar-refractivity contribution is -0.313. The highest BCUT2D eigenvalue weighted by Crippen LogP contribution is 2.34. The van der Waals surface area contributed by atoms with Crippen molar-refractivity contribution < 1.29 is 160 Å². The first-order chi connectivity index (χ1) is 25.5. The van der Waals surface area contributed by atoms with Crippen LogP contribution in [-0.2, 0) is 142 Å². The minimum absolute atomic E-state index is 1.96. The molecule has 1 heterocycles. The van der Waals surface area contributed by atoms with Crippen molar-refractivity contribution in [1.29, 1.82) is 0 Å². The summed E-state index contributed by atoms with van der Waals surface area (Å²) < 4.78 is 328. The van der Waals surface area contributed by atoms with Gasteiger partial charge < -0.3 is 14.0 Å². The largest absolute Gasteiger partial charge is 0.750 e. The van der Waals surface area contributed by atoms with E-state index >= 15 is 0 Å². The van der Waals surface area contributed by atoms with Crippen molar-refractivity contribution in [2.75, 3.05) is 19.8 Å². The second-order valence-corrected chi connectivity index (χ2v) is 18.7. The van der Waals surface area contributed by atoms with Gasteiger partial charge in [-0.3, -0.25) is 40.6 Å². The van der Waals surface area contributed by atoms with Gasteiger partial charge in [0.15, 0.2) is 12.4 Å². The predicted molar refractivity (Wildman–Crippen MR) is 162 cm³/mol. The molecule has 0 aromatic heterocycles. The van der Waals surface area contributed by atoms with E-state index in [4.69, 9.17) is 23.1 Å². The quantitative estimate of drug-likeness (QED) is 0.0295. The van der Waals surface area contributed by atoms with Crippen molar-refractivity contribution in [3.63, 3.8) is 0 Å². The molecule has 1 saturated heterocycles. The van der Waals surface area contributed by atoms with Gasteiger partial charge >= 0.3 is 83.2 Å². The molecule has 1 aliphatic rings. The highest BCUT2D eigenvalue weighted by molar-refractivity contribution is 7.82. The molecule has 0 aromatic rings. The molecule has 348 valence electrons. The van der Waals surface area contributed by atoms with Crippen LogP contribution in [0.25, 0.3) is 0 Å². The lowest BCUT2D eigenvalue weighted by Gasteiger charge is -2.45. The van der Waals surface area contributed by atoms with Crippen molar-refractivity contribution in [1.82, 2.24) is 0 Å². The van der Waals surface area contributed by atoms with Gasteiger partial charge in [-0.25, -0.2) is 37.7 Å². The van der Waals surface area contributed by atoms with Crippen LogP contribution in [0.2, 0.25) is 0 Å². The summed E-state index contributed by atoms with van der Waals surface area (Å²) in [5, 5.41) is 0. The summed E-state index contributed by atoms with van der Waals surface area (Å²) in [4.78, 5) is 0. The summed E-state index contributed by atoms with van der Waals surface area (Å²) in [6.45, 7) is -6.63. The van der Waals surface area contributed by atoms with Gasteiger partial charge in [-0.05, 0) is 0 Å². The molecule has 0 aromatic carbocycles. The van der Waals surface area contributed by atoms with Crippen LogP contribution < -0.4 is 0 Å². The third-order valence-electron chi connectivity index (χ3n) is 5.46. The maximum Gasteiger partial charge on any atom is 0.397 e. The fourth-order valence-electron chi connectivity index (χ4n) is 3.95. The summed E-state index contributed by atoms with van der Waals surface area (Å²) in [7, 11) is -49.2. The topological polar surface area (TPSA) is 577 Å². The number of hydrogen-bond acceptors (Lipinski definition) is 29. The Morgan fingerprint density at radius 1 is 0.500 bits per heavy atom. The molecule has 10 atom stereocenters. The molecule has 1 aliphatic heterocycles. The normalized spacial score (nSPS) is 24.7. The van der Waals surface area contributed by atoms with E-state index in [0.29, 0.717) is 0 Å². The highest BCUT2D eigenvalue weighted by Gasteiger charge is 2.56. The van der Waals surface area contributed by atoms with E-state index in [2.05, 4.69) is 37.6 Å². The van der Waals surface area contributed by atoms with E-state index in [9.17, 15) is 98.9 Å². The number of hydrogen-bond donors (Lipinski definition) is 8. The van der Waals surface area contributed by atoms with Crippen LogP contribution in [0.5, 0.6) is 0 Å². The molecule has 1 unspecified atom stereocenters. The molecule has 37 nitrogen and oxygen atoms in total. The van der Waals surface area contributed by atoms with Crippen LogP contribution in [0.1, 0.15) is 0 Å². The molecule has 0 amide bonds. The van der Waals surface area contributed by atoms with Gasteiger partial charge in [0.25, 0.3) is 0 Å². The zero-order valence-electron chi connectivity index (χ0n) is 26.4. The Morgan fingerprint density at radius 3 is 1.22 bits per heavy atom. The van der Waals surface area contributed by atoms with Gasteiger partial charge in [-0.15, -0.1) is 0 Å². The van der Waals surface area contributed by atoms with Crippen molar-refractivity contribution >= 4 is 94.6 Å². The Hall–Kier alpha value is -1.05.